The number of amides is 1. The first kappa shape index (κ1) is 35.4. The average molecular weight is 655 g/mol. The molecule has 0 aliphatic carbocycles. The lowest BCUT2D eigenvalue weighted by Crippen LogP contribution is -2.41. The van der Waals surface area contributed by atoms with Crippen molar-refractivity contribution in [2.24, 2.45) is 5.92 Å². The fourth-order valence-corrected chi connectivity index (χ4v) is 5.87. The van der Waals surface area contributed by atoms with Gasteiger partial charge >= 0.3 is 12.1 Å². The molecule has 8 nitrogen and oxygen atoms in total. The maximum Gasteiger partial charge on any atom is 0.416 e. The van der Waals surface area contributed by atoms with Gasteiger partial charge < -0.3 is 19.9 Å². The number of aliphatic carboxylic acids is 1. The van der Waals surface area contributed by atoms with Crippen molar-refractivity contribution in [1.29, 1.82) is 5.26 Å². The van der Waals surface area contributed by atoms with E-state index in [-0.39, 0.29) is 35.4 Å². The van der Waals surface area contributed by atoms with Crippen molar-refractivity contribution in [3.05, 3.63) is 92.1 Å². The number of nitrogens with zero attached hydrogens (tertiary/aromatic N) is 3. The van der Waals surface area contributed by atoms with Gasteiger partial charge in [-0.1, -0.05) is 26.0 Å². The third-order valence-electron chi connectivity index (χ3n) is 8.41. The summed E-state index contributed by atoms with van der Waals surface area (Å²) in [6.07, 6.45) is -3.42. The second-order valence-electron chi connectivity index (χ2n) is 12.6. The van der Waals surface area contributed by atoms with Crippen LogP contribution < -0.4 is 10.9 Å². The maximum absolute atomic E-state index is 15.7. The van der Waals surface area contributed by atoms with Crippen molar-refractivity contribution in [2.45, 2.75) is 71.6 Å². The summed E-state index contributed by atoms with van der Waals surface area (Å²) in [4.78, 5) is 41.1. The Labute approximate surface area is 270 Å². The zero-order chi connectivity index (χ0) is 34.6. The number of aryl methyl sites for hydroxylation is 2. The molecule has 2 atom stereocenters. The molecular formula is C35H38F4N4O4. The van der Waals surface area contributed by atoms with E-state index in [0.717, 1.165) is 35.8 Å². The topological polar surface area (TPSA) is 115 Å². The zero-order valence-electron chi connectivity index (χ0n) is 26.7. The number of pyridine rings is 1. The fourth-order valence-electron chi connectivity index (χ4n) is 5.87. The first-order valence-corrected chi connectivity index (χ1v) is 15.5. The molecular weight excluding hydrogens is 616 g/mol. The fraction of sp³-hybridized carbons (Fsp3) is 0.429. The van der Waals surface area contributed by atoms with E-state index < -0.39 is 53.5 Å². The van der Waals surface area contributed by atoms with E-state index in [2.05, 4.69) is 11.4 Å². The van der Waals surface area contributed by atoms with Crippen molar-refractivity contribution < 1.29 is 32.3 Å². The number of rotatable bonds is 12. The number of nitriles is 1. The van der Waals surface area contributed by atoms with Gasteiger partial charge in [0.15, 0.2) is 0 Å². The lowest BCUT2D eigenvalue weighted by Gasteiger charge is -2.31. The molecule has 0 radical (unpaired) electrons. The third-order valence-corrected chi connectivity index (χ3v) is 8.41. The number of alkyl halides is 3. The summed E-state index contributed by atoms with van der Waals surface area (Å²) in [5.41, 5.74) is -0.139. The summed E-state index contributed by atoms with van der Waals surface area (Å²) in [6.45, 7) is 8.73. The SMILES string of the molecule is Cc1ccc(-c2cc(C)c(F)c(C(CC(=O)O)NC(=O)C(CC(C)C)n3cc(CCN4CCC4)c(C(F)(F)F)cc3=O)c2)c(C#N)c1. The number of nitrogens with one attached hydrogen (secondary N) is 1. The highest BCUT2D eigenvalue weighted by Gasteiger charge is 2.36. The van der Waals surface area contributed by atoms with Gasteiger partial charge in [-0.15, -0.1) is 0 Å². The smallest absolute Gasteiger partial charge is 0.416 e. The molecule has 47 heavy (non-hydrogen) atoms. The number of likely N-dealkylation sites (tertiary alicyclic amines) is 1. The van der Waals surface area contributed by atoms with Gasteiger partial charge in [0, 0.05) is 24.4 Å². The molecule has 250 valence electrons. The van der Waals surface area contributed by atoms with Gasteiger partial charge in [0.1, 0.15) is 11.9 Å². The van der Waals surface area contributed by atoms with Crippen molar-refractivity contribution in [3.63, 3.8) is 0 Å². The van der Waals surface area contributed by atoms with Crippen LogP contribution in [-0.4, -0.2) is 46.1 Å². The van der Waals surface area contributed by atoms with Crippen LogP contribution in [0.2, 0.25) is 0 Å². The largest absolute Gasteiger partial charge is 0.481 e. The van der Waals surface area contributed by atoms with Crippen LogP contribution in [0.1, 0.15) is 78.6 Å². The van der Waals surface area contributed by atoms with E-state index in [1.165, 1.54) is 19.1 Å². The molecule has 0 spiro atoms. The predicted octanol–water partition coefficient (Wildman–Crippen LogP) is 6.33. The van der Waals surface area contributed by atoms with Crippen LogP contribution in [0.5, 0.6) is 0 Å². The average Bonchev–Trinajstić information content (AvgIpc) is 2.95. The minimum Gasteiger partial charge on any atom is -0.481 e. The summed E-state index contributed by atoms with van der Waals surface area (Å²) in [5.74, 6) is -3.14. The number of aromatic nitrogens is 1. The lowest BCUT2D eigenvalue weighted by atomic mass is 9.91. The van der Waals surface area contributed by atoms with Gasteiger partial charge in [0.05, 0.1) is 29.7 Å². The zero-order valence-corrected chi connectivity index (χ0v) is 26.7. The van der Waals surface area contributed by atoms with E-state index in [4.69, 9.17) is 0 Å². The molecule has 2 unspecified atom stereocenters. The highest BCUT2D eigenvalue weighted by Crippen LogP contribution is 2.34. The minimum atomic E-state index is -4.78. The molecule has 1 saturated heterocycles. The normalized spacial score (nSPS) is 14.7. The molecule has 1 amide bonds. The Hall–Kier alpha value is -4.50. The molecule has 1 aliphatic rings. The number of hydrogen-bond acceptors (Lipinski definition) is 5. The van der Waals surface area contributed by atoms with E-state index in [1.54, 1.807) is 32.0 Å². The highest BCUT2D eigenvalue weighted by atomic mass is 19.4. The standard InChI is InChI=1S/C35H38F4N4O4/c1-20(2)12-30(43-19-23(8-11-42-9-5-10-42)28(16-31(43)44)35(37,38)39)34(47)41-29(17-32(45)46)27-15-24(14-22(4)33(27)36)26-7-6-21(3)13-25(26)18-40/h6-7,13-16,19-20,29-30H,5,8-12,17H2,1-4H3,(H,41,47)(H,45,46). The van der Waals surface area contributed by atoms with Crippen LogP contribution in [0.15, 0.2) is 47.4 Å². The van der Waals surface area contributed by atoms with Crippen molar-refractivity contribution >= 4 is 11.9 Å². The second kappa shape index (κ2) is 14.5. The van der Waals surface area contributed by atoms with E-state index in [1.807, 2.05) is 11.8 Å². The second-order valence-corrected chi connectivity index (χ2v) is 12.6. The molecule has 2 heterocycles. The Morgan fingerprint density at radius 1 is 1.11 bits per heavy atom. The van der Waals surface area contributed by atoms with Crippen LogP contribution >= 0.6 is 0 Å². The van der Waals surface area contributed by atoms with Crippen LogP contribution in [0.3, 0.4) is 0 Å². The van der Waals surface area contributed by atoms with Gasteiger partial charge in [-0.2, -0.15) is 18.4 Å². The number of carboxylic acid groups (broad SMARTS) is 1. The Morgan fingerprint density at radius 2 is 1.81 bits per heavy atom. The van der Waals surface area contributed by atoms with Gasteiger partial charge in [-0.25, -0.2) is 4.39 Å². The molecule has 1 aliphatic heterocycles. The van der Waals surface area contributed by atoms with Crippen molar-refractivity contribution in [3.8, 4) is 17.2 Å². The summed E-state index contributed by atoms with van der Waals surface area (Å²) >= 11 is 0. The lowest BCUT2D eigenvalue weighted by molar-refractivity contribution is -0.139. The molecule has 12 heteroatoms. The minimum absolute atomic E-state index is 0.00769. The van der Waals surface area contributed by atoms with Crippen LogP contribution in [0, 0.1) is 36.9 Å². The predicted molar refractivity (Wildman–Crippen MR) is 168 cm³/mol. The Balaban J connectivity index is 1.77. The maximum atomic E-state index is 15.7. The van der Waals surface area contributed by atoms with Crippen LogP contribution in [-0.2, 0) is 22.2 Å². The summed E-state index contributed by atoms with van der Waals surface area (Å²) in [5, 5.41) is 22.1. The molecule has 1 fully saturated rings. The molecule has 4 rings (SSSR count). The molecule has 0 saturated carbocycles. The summed E-state index contributed by atoms with van der Waals surface area (Å²) < 4.78 is 58.6. The molecule has 2 N–H and O–H groups in total. The van der Waals surface area contributed by atoms with Crippen LogP contribution in [0.4, 0.5) is 17.6 Å². The number of carbonyl (C=O) groups excluding carboxylic acids is 1. The summed E-state index contributed by atoms with van der Waals surface area (Å²) in [6, 6.07) is 7.96. The van der Waals surface area contributed by atoms with Gasteiger partial charge in [-0.3, -0.25) is 14.4 Å². The number of carboxylic acids is 1. The van der Waals surface area contributed by atoms with Gasteiger partial charge in [0.2, 0.25) is 5.91 Å². The number of carbonyl (C=O) groups is 2. The molecule has 3 aromatic rings. The quantitative estimate of drug-likeness (QED) is 0.221. The first-order valence-electron chi connectivity index (χ1n) is 15.5. The monoisotopic (exact) mass is 654 g/mol. The van der Waals surface area contributed by atoms with Gasteiger partial charge in [0.25, 0.3) is 5.56 Å². The van der Waals surface area contributed by atoms with Crippen molar-refractivity contribution in [1.82, 2.24) is 14.8 Å². The van der Waals surface area contributed by atoms with Crippen molar-refractivity contribution in [2.75, 3.05) is 19.6 Å². The van der Waals surface area contributed by atoms with E-state index in [0.29, 0.717) is 29.3 Å². The Morgan fingerprint density at radius 3 is 2.38 bits per heavy atom. The number of hydrogen-bond donors (Lipinski definition) is 2. The molecule has 1 aromatic heterocycles. The first-order chi connectivity index (χ1) is 22.1. The summed E-state index contributed by atoms with van der Waals surface area (Å²) in [7, 11) is 0. The number of halogens is 4. The van der Waals surface area contributed by atoms with E-state index in [9.17, 15) is 37.9 Å². The Bertz CT molecular complexity index is 1760. The Kier molecular flexibility index (Phi) is 10.9. The molecule has 2 aromatic carbocycles. The van der Waals surface area contributed by atoms with E-state index >= 15 is 4.39 Å². The van der Waals surface area contributed by atoms with Gasteiger partial charge in [-0.05, 0) is 98.1 Å². The van der Waals surface area contributed by atoms with Crippen LogP contribution in [0.25, 0.3) is 11.1 Å². The molecule has 0 bridgehead atoms. The highest BCUT2D eigenvalue weighted by molar-refractivity contribution is 5.82. The number of benzene rings is 2. The third kappa shape index (κ3) is 8.46.